The molecule has 0 spiro atoms. The van der Waals surface area contributed by atoms with Gasteiger partial charge in [-0.3, -0.25) is 14.8 Å². The van der Waals surface area contributed by atoms with Crippen molar-refractivity contribution in [3.05, 3.63) is 117 Å². The number of halogens is 2. The van der Waals surface area contributed by atoms with Crippen LogP contribution in [0.4, 0.5) is 0 Å². The van der Waals surface area contributed by atoms with Gasteiger partial charge in [0.2, 0.25) is 5.91 Å². The Labute approximate surface area is 271 Å². The summed E-state index contributed by atoms with van der Waals surface area (Å²) >= 11 is 9.71. The van der Waals surface area contributed by atoms with Crippen LogP contribution in [0.5, 0.6) is 5.75 Å². The van der Waals surface area contributed by atoms with Gasteiger partial charge < -0.3 is 10.1 Å². The van der Waals surface area contributed by atoms with Crippen LogP contribution < -0.4 is 10.1 Å². The zero-order valence-corrected chi connectivity index (χ0v) is 27.2. The van der Waals surface area contributed by atoms with Crippen molar-refractivity contribution in [2.75, 3.05) is 13.7 Å². The standard InChI is InChI=1S/C35H33BrClN5O2/c1-21-15-26-9-12-30(44-4)18-31(26)35(25-7-10-29(37)11-8-25)40-32(23(3)42-41-22(21)2)19-34(43)38-14-13-24-5-6-27-17-28(36)20-39-33(27)16-24/h5-12,16-18,20,32H,1,13-15,19H2,2-4H3,(H,38,43)/b40-35?,41-22?,42-23+/t32-/m0/s1. The van der Waals surface area contributed by atoms with Crippen LogP contribution in [0.2, 0.25) is 5.02 Å². The molecule has 1 aromatic heterocycles. The van der Waals surface area contributed by atoms with Gasteiger partial charge in [-0.1, -0.05) is 48.5 Å². The van der Waals surface area contributed by atoms with Gasteiger partial charge in [-0.15, -0.1) is 0 Å². The molecule has 0 unspecified atom stereocenters. The predicted molar refractivity (Wildman–Crippen MR) is 184 cm³/mol. The number of ether oxygens (including phenoxy) is 1. The van der Waals surface area contributed by atoms with E-state index >= 15 is 0 Å². The summed E-state index contributed by atoms with van der Waals surface area (Å²) in [7, 11) is 1.64. The van der Waals surface area contributed by atoms with Gasteiger partial charge in [-0.25, -0.2) is 0 Å². The second-order valence-electron chi connectivity index (χ2n) is 10.7. The first kappa shape index (κ1) is 31.3. The number of hydrogen-bond donors (Lipinski definition) is 1. The number of benzene rings is 3. The molecule has 1 atom stereocenters. The lowest BCUT2D eigenvalue weighted by Gasteiger charge is -2.18. The van der Waals surface area contributed by atoms with Gasteiger partial charge >= 0.3 is 0 Å². The van der Waals surface area contributed by atoms with E-state index in [4.69, 9.17) is 21.3 Å². The molecule has 5 rings (SSSR count). The van der Waals surface area contributed by atoms with Gasteiger partial charge in [0.05, 0.1) is 42.2 Å². The minimum absolute atomic E-state index is 0.106. The first-order chi connectivity index (χ1) is 21.2. The van der Waals surface area contributed by atoms with Crippen molar-refractivity contribution in [3.63, 3.8) is 0 Å². The Bertz CT molecular complexity index is 1810. The van der Waals surface area contributed by atoms with Crippen LogP contribution in [-0.2, 0) is 17.6 Å². The molecule has 3 aromatic carbocycles. The molecule has 0 bridgehead atoms. The Morgan fingerprint density at radius 1 is 1.07 bits per heavy atom. The number of pyridine rings is 1. The SMILES string of the molecule is C=C1Cc2ccc(OC)cc2C(c2ccc(Cl)cc2)=N[C@@H](CC(=O)NCCc2ccc3cc(Br)cnc3c2)/C(C)=N/N=C1C. The van der Waals surface area contributed by atoms with Crippen molar-refractivity contribution in [1.29, 1.82) is 0 Å². The molecule has 2 heterocycles. The second kappa shape index (κ2) is 14.1. The molecule has 1 N–H and O–H groups in total. The molecule has 0 radical (unpaired) electrons. The normalized spacial score (nSPS) is 16.6. The number of nitrogens with one attached hydrogen (secondary N) is 1. The maximum atomic E-state index is 13.3. The van der Waals surface area contributed by atoms with Crippen molar-refractivity contribution in [2.45, 2.75) is 39.2 Å². The second-order valence-corrected chi connectivity index (χ2v) is 12.1. The Hall–Kier alpha value is -4.14. The zero-order valence-electron chi connectivity index (χ0n) is 24.9. The van der Waals surface area contributed by atoms with E-state index in [2.05, 4.69) is 55.1 Å². The van der Waals surface area contributed by atoms with E-state index in [0.717, 1.165) is 48.9 Å². The number of aliphatic imine (C=N–C) groups is 1. The van der Waals surface area contributed by atoms with Gasteiger partial charge in [-0.2, -0.15) is 10.2 Å². The maximum absolute atomic E-state index is 13.3. The van der Waals surface area contributed by atoms with Crippen molar-refractivity contribution in [2.24, 2.45) is 15.2 Å². The molecule has 1 aliphatic rings. The molecule has 0 saturated carbocycles. The highest BCUT2D eigenvalue weighted by atomic mass is 79.9. The molecule has 1 amide bonds. The molecule has 0 fully saturated rings. The third-order valence-corrected chi connectivity index (χ3v) is 8.25. The van der Waals surface area contributed by atoms with E-state index in [1.807, 2.05) is 68.4 Å². The summed E-state index contributed by atoms with van der Waals surface area (Å²) in [6.45, 7) is 8.49. The molecule has 1 aliphatic heterocycles. The number of methoxy groups -OCH3 is 1. The van der Waals surface area contributed by atoms with Crippen molar-refractivity contribution in [3.8, 4) is 5.75 Å². The minimum Gasteiger partial charge on any atom is -0.497 e. The van der Waals surface area contributed by atoms with Gasteiger partial charge in [0.25, 0.3) is 0 Å². The molecule has 224 valence electrons. The highest BCUT2D eigenvalue weighted by Crippen LogP contribution is 2.26. The van der Waals surface area contributed by atoms with Gasteiger partial charge in [0.1, 0.15) is 5.75 Å². The fourth-order valence-corrected chi connectivity index (χ4v) is 5.42. The smallest absolute Gasteiger partial charge is 0.222 e. The average molecular weight is 671 g/mol. The summed E-state index contributed by atoms with van der Waals surface area (Å²) in [5.41, 5.74) is 7.68. The Balaban J connectivity index is 1.45. The van der Waals surface area contributed by atoms with Gasteiger partial charge in [0.15, 0.2) is 0 Å². The van der Waals surface area contributed by atoms with E-state index in [0.29, 0.717) is 41.6 Å². The zero-order chi connectivity index (χ0) is 31.2. The van der Waals surface area contributed by atoms with Crippen molar-refractivity contribution < 1.29 is 9.53 Å². The first-order valence-corrected chi connectivity index (χ1v) is 15.5. The number of allylic oxidation sites excluding steroid dienone is 1. The number of amides is 1. The lowest BCUT2D eigenvalue weighted by Crippen LogP contribution is -2.32. The molecule has 0 saturated heterocycles. The number of carbonyl (C=O) groups excluding carboxylic acids is 1. The van der Waals surface area contributed by atoms with Crippen LogP contribution in [0.3, 0.4) is 0 Å². The highest BCUT2D eigenvalue weighted by molar-refractivity contribution is 9.10. The molecule has 9 heteroatoms. The first-order valence-electron chi connectivity index (χ1n) is 14.3. The number of aromatic nitrogens is 1. The largest absolute Gasteiger partial charge is 0.497 e. The van der Waals surface area contributed by atoms with Crippen molar-refractivity contribution >= 4 is 61.5 Å². The number of hydrogen-bond acceptors (Lipinski definition) is 6. The summed E-state index contributed by atoms with van der Waals surface area (Å²) in [6.07, 6.45) is 3.12. The third kappa shape index (κ3) is 7.68. The quantitative estimate of drug-likeness (QED) is 0.220. The van der Waals surface area contributed by atoms with Crippen molar-refractivity contribution in [1.82, 2.24) is 10.3 Å². The van der Waals surface area contributed by atoms with Crippen LogP contribution in [0, 0.1) is 0 Å². The third-order valence-electron chi connectivity index (χ3n) is 7.56. The molecule has 44 heavy (non-hydrogen) atoms. The van der Waals surface area contributed by atoms with E-state index in [-0.39, 0.29) is 12.3 Å². The Kier molecular flexibility index (Phi) is 10.0. The molecule has 0 aliphatic carbocycles. The minimum atomic E-state index is -0.564. The monoisotopic (exact) mass is 669 g/mol. The molecular formula is C35H33BrClN5O2. The predicted octanol–water partition coefficient (Wildman–Crippen LogP) is 7.56. The molecular weight excluding hydrogens is 638 g/mol. The summed E-state index contributed by atoms with van der Waals surface area (Å²) < 4.78 is 6.53. The summed E-state index contributed by atoms with van der Waals surface area (Å²) in [5.74, 6) is 0.574. The number of carbonyl (C=O) groups is 1. The molecule has 4 aromatic rings. The average Bonchev–Trinajstić information content (AvgIpc) is 3.03. The summed E-state index contributed by atoms with van der Waals surface area (Å²) in [4.78, 5) is 23.0. The number of rotatable bonds is 7. The van der Waals surface area contributed by atoms with Crippen LogP contribution in [0.1, 0.15) is 42.5 Å². The van der Waals surface area contributed by atoms with Crippen LogP contribution >= 0.6 is 27.5 Å². The topological polar surface area (TPSA) is 88.3 Å². The highest BCUT2D eigenvalue weighted by Gasteiger charge is 2.22. The van der Waals surface area contributed by atoms with E-state index in [1.165, 1.54) is 0 Å². The fourth-order valence-electron chi connectivity index (χ4n) is 4.95. The van der Waals surface area contributed by atoms with Crippen LogP contribution in [0.15, 0.2) is 105 Å². The van der Waals surface area contributed by atoms with Crippen LogP contribution in [-0.4, -0.2) is 47.7 Å². The van der Waals surface area contributed by atoms with Crippen LogP contribution in [0.25, 0.3) is 10.9 Å². The molecule has 7 nitrogen and oxygen atoms in total. The van der Waals surface area contributed by atoms with E-state index in [1.54, 1.807) is 13.3 Å². The number of fused-ring (bicyclic) bond motifs is 2. The van der Waals surface area contributed by atoms with Gasteiger partial charge in [0, 0.05) is 38.8 Å². The number of nitrogens with zero attached hydrogens (tertiary/aromatic N) is 4. The lowest BCUT2D eigenvalue weighted by atomic mass is 9.92. The maximum Gasteiger partial charge on any atom is 0.222 e. The van der Waals surface area contributed by atoms with E-state index in [9.17, 15) is 4.79 Å². The summed E-state index contributed by atoms with van der Waals surface area (Å²) in [5, 5.41) is 13.7. The Morgan fingerprint density at radius 3 is 2.64 bits per heavy atom. The van der Waals surface area contributed by atoms with Gasteiger partial charge in [-0.05, 0) is 95.7 Å². The lowest BCUT2D eigenvalue weighted by molar-refractivity contribution is -0.121. The summed E-state index contributed by atoms with van der Waals surface area (Å²) in [6, 6.07) is 21.1. The van der Waals surface area contributed by atoms with E-state index < -0.39 is 6.04 Å². The Morgan fingerprint density at radius 2 is 1.86 bits per heavy atom. The fraction of sp³-hybridized carbons (Fsp3) is 0.229.